The maximum Gasteiger partial charge on any atom is 0.182 e. The number of rotatable bonds is 6. The highest BCUT2D eigenvalue weighted by molar-refractivity contribution is 6.33. The molecule has 0 saturated heterocycles. The average molecular weight is 285 g/mol. The third kappa shape index (κ3) is 4.98. The Kier molecular flexibility index (Phi) is 5.60. The zero-order valence-electron chi connectivity index (χ0n) is 12.7. The Morgan fingerprint density at radius 2 is 2.11 bits per heavy atom. The molecule has 0 aliphatic rings. The predicted molar refractivity (Wildman–Crippen MR) is 79.7 cm³/mol. The molecule has 1 aromatic heterocycles. The molecule has 3 nitrogen and oxygen atoms in total. The molecule has 0 fully saturated rings. The number of hydrogen-bond donors (Lipinski definition) is 0. The summed E-state index contributed by atoms with van der Waals surface area (Å²) >= 11 is 6.09. The van der Waals surface area contributed by atoms with Crippen molar-refractivity contribution < 1.29 is 4.79 Å². The molecule has 0 spiro atoms. The topological polar surface area (TPSA) is 34.9 Å². The molecule has 1 unspecified atom stereocenters. The fourth-order valence-corrected chi connectivity index (χ4v) is 2.80. The molecule has 19 heavy (non-hydrogen) atoms. The van der Waals surface area contributed by atoms with Crippen LogP contribution in [0.5, 0.6) is 0 Å². The summed E-state index contributed by atoms with van der Waals surface area (Å²) in [5.74, 6) is 0.459. The molecule has 0 aromatic carbocycles. The van der Waals surface area contributed by atoms with E-state index >= 15 is 0 Å². The van der Waals surface area contributed by atoms with Crippen molar-refractivity contribution in [2.75, 3.05) is 0 Å². The highest BCUT2D eigenvalue weighted by Gasteiger charge is 2.22. The third-order valence-electron chi connectivity index (χ3n) is 2.99. The third-order valence-corrected chi connectivity index (χ3v) is 3.27. The maximum atomic E-state index is 12.4. The first-order valence-corrected chi connectivity index (χ1v) is 7.37. The lowest BCUT2D eigenvalue weighted by molar-refractivity contribution is 0.0943. The molecule has 0 aliphatic carbocycles. The van der Waals surface area contributed by atoms with Crippen LogP contribution < -0.4 is 0 Å². The Labute approximate surface area is 121 Å². The molecule has 0 amide bonds. The Morgan fingerprint density at radius 3 is 2.63 bits per heavy atom. The summed E-state index contributed by atoms with van der Waals surface area (Å²) in [6.07, 6.45) is 4.07. The van der Waals surface area contributed by atoms with Crippen LogP contribution in [0.2, 0.25) is 5.02 Å². The molecule has 0 saturated carbocycles. The van der Waals surface area contributed by atoms with Crippen LogP contribution in [-0.2, 0) is 6.54 Å². The highest BCUT2D eigenvalue weighted by atomic mass is 35.5. The average Bonchev–Trinajstić information content (AvgIpc) is 2.57. The molecular formula is C15H25ClN2O. The summed E-state index contributed by atoms with van der Waals surface area (Å²) in [5.41, 5.74) is 0.817. The molecule has 0 radical (unpaired) electrons. The van der Waals surface area contributed by atoms with Crippen molar-refractivity contribution in [3.63, 3.8) is 0 Å². The van der Waals surface area contributed by atoms with Gasteiger partial charge >= 0.3 is 0 Å². The van der Waals surface area contributed by atoms with Gasteiger partial charge in [0.15, 0.2) is 5.78 Å². The Morgan fingerprint density at radius 1 is 1.47 bits per heavy atom. The number of ketones is 1. The van der Waals surface area contributed by atoms with Crippen molar-refractivity contribution in [3.8, 4) is 0 Å². The van der Waals surface area contributed by atoms with E-state index < -0.39 is 0 Å². The van der Waals surface area contributed by atoms with Gasteiger partial charge in [0, 0.05) is 13.0 Å². The molecule has 0 aliphatic heterocycles. The Balaban J connectivity index is 2.75. The SMILES string of the molecule is CCCn1ncc(Cl)c1C(=O)CC(C)CC(C)(C)C. The summed E-state index contributed by atoms with van der Waals surface area (Å²) in [5, 5.41) is 4.65. The standard InChI is InChI=1S/C15H25ClN2O/c1-6-7-18-14(12(16)10-17-18)13(19)8-11(2)9-15(3,4)5/h10-11H,6-9H2,1-5H3. The van der Waals surface area contributed by atoms with Crippen molar-refractivity contribution in [3.05, 3.63) is 16.9 Å². The fraction of sp³-hybridized carbons (Fsp3) is 0.733. The van der Waals surface area contributed by atoms with Crippen LogP contribution >= 0.6 is 11.6 Å². The van der Waals surface area contributed by atoms with E-state index in [1.165, 1.54) is 0 Å². The van der Waals surface area contributed by atoms with Gasteiger partial charge in [-0.1, -0.05) is 46.2 Å². The monoisotopic (exact) mass is 284 g/mol. The highest BCUT2D eigenvalue weighted by Crippen LogP contribution is 2.28. The van der Waals surface area contributed by atoms with Gasteiger partial charge in [0.2, 0.25) is 0 Å². The predicted octanol–water partition coefficient (Wildman–Crippen LogP) is 4.59. The van der Waals surface area contributed by atoms with Gasteiger partial charge in [-0.25, -0.2) is 0 Å². The molecule has 1 rings (SSSR count). The van der Waals surface area contributed by atoms with Crippen molar-refractivity contribution in [1.29, 1.82) is 0 Å². The van der Waals surface area contributed by atoms with Crippen molar-refractivity contribution >= 4 is 17.4 Å². The molecule has 0 N–H and O–H groups in total. The Bertz CT molecular complexity index is 432. The lowest BCUT2D eigenvalue weighted by Crippen LogP contribution is -2.17. The molecule has 1 aromatic rings. The van der Waals surface area contributed by atoms with Crippen molar-refractivity contribution in [2.24, 2.45) is 11.3 Å². The summed E-state index contributed by atoms with van der Waals surface area (Å²) in [4.78, 5) is 12.4. The largest absolute Gasteiger partial charge is 0.292 e. The lowest BCUT2D eigenvalue weighted by Gasteiger charge is -2.22. The summed E-state index contributed by atoms with van der Waals surface area (Å²) in [6, 6.07) is 0. The van der Waals surface area contributed by atoms with Crippen molar-refractivity contribution in [2.45, 2.75) is 60.4 Å². The molecule has 4 heteroatoms. The summed E-state index contributed by atoms with van der Waals surface area (Å²) in [6.45, 7) is 11.5. The van der Waals surface area contributed by atoms with Crippen LogP contribution in [0.4, 0.5) is 0 Å². The number of hydrogen-bond acceptors (Lipinski definition) is 2. The van der Waals surface area contributed by atoms with E-state index in [1.807, 2.05) is 0 Å². The smallest absolute Gasteiger partial charge is 0.182 e. The normalized spacial score (nSPS) is 13.6. The van der Waals surface area contributed by atoms with E-state index in [-0.39, 0.29) is 11.2 Å². The van der Waals surface area contributed by atoms with Gasteiger partial charge in [-0.3, -0.25) is 9.48 Å². The van der Waals surface area contributed by atoms with Crippen LogP contribution in [0.25, 0.3) is 0 Å². The second-order valence-corrected chi connectivity index (χ2v) is 6.97. The van der Waals surface area contributed by atoms with Gasteiger partial charge in [0.05, 0.1) is 11.2 Å². The number of carbonyl (C=O) groups is 1. The van der Waals surface area contributed by atoms with E-state index in [1.54, 1.807) is 10.9 Å². The van der Waals surface area contributed by atoms with Gasteiger partial charge in [0.25, 0.3) is 0 Å². The zero-order valence-corrected chi connectivity index (χ0v) is 13.4. The van der Waals surface area contributed by atoms with Crippen LogP contribution in [0.3, 0.4) is 0 Å². The first kappa shape index (κ1) is 16.2. The van der Waals surface area contributed by atoms with Crippen LogP contribution in [0.1, 0.15) is 64.4 Å². The molecule has 108 valence electrons. The first-order chi connectivity index (χ1) is 8.74. The van der Waals surface area contributed by atoms with Gasteiger partial charge < -0.3 is 0 Å². The number of Topliss-reactive ketones (excluding diaryl/α,β-unsaturated/α-hetero) is 1. The van der Waals surface area contributed by atoms with E-state index in [2.05, 4.69) is 39.7 Å². The van der Waals surface area contributed by atoms with E-state index in [9.17, 15) is 4.79 Å². The summed E-state index contributed by atoms with van der Waals surface area (Å²) in [7, 11) is 0. The Hall–Kier alpha value is -0.830. The van der Waals surface area contributed by atoms with Gasteiger partial charge in [-0.15, -0.1) is 0 Å². The van der Waals surface area contributed by atoms with Crippen molar-refractivity contribution in [1.82, 2.24) is 9.78 Å². The fourth-order valence-electron chi connectivity index (χ4n) is 2.55. The van der Waals surface area contributed by atoms with E-state index in [0.29, 0.717) is 23.1 Å². The minimum atomic E-state index is 0.104. The second-order valence-electron chi connectivity index (χ2n) is 6.56. The minimum Gasteiger partial charge on any atom is -0.292 e. The van der Waals surface area contributed by atoms with Gasteiger partial charge in [0.1, 0.15) is 5.69 Å². The lowest BCUT2D eigenvalue weighted by atomic mass is 9.83. The molecule has 0 bridgehead atoms. The van der Waals surface area contributed by atoms with E-state index in [4.69, 9.17) is 11.6 Å². The zero-order chi connectivity index (χ0) is 14.6. The number of carbonyl (C=O) groups excluding carboxylic acids is 1. The molecule has 1 atom stereocenters. The number of halogens is 1. The van der Waals surface area contributed by atoms with Crippen LogP contribution in [0, 0.1) is 11.3 Å². The maximum absolute atomic E-state index is 12.4. The quantitative estimate of drug-likeness (QED) is 0.716. The van der Waals surface area contributed by atoms with Crippen LogP contribution in [0.15, 0.2) is 6.20 Å². The van der Waals surface area contributed by atoms with Gasteiger partial charge in [-0.2, -0.15) is 5.10 Å². The number of aryl methyl sites for hydroxylation is 1. The minimum absolute atomic E-state index is 0.104. The summed E-state index contributed by atoms with van der Waals surface area (Å²) < 4.78 is 1.73. The molecular weight excluding hydrogens is 260 g/mol. The molecule has 1 heterocycles. The van der Waals surface area contributed by atoms with Gasteiger partial charge in [-0.05, 0) is 24.2 Å². The number of nitrogens with zero attached hydrogens (tertiary/aromatic N) is 2. The van der Waals surface area contributed by atoms with E-state index in [0.717, 1.165) is 19.4 Å². The second kappa shape index (κ2) is 6.56. The van der Waals surface area contributed by atoms with Crippen LogP contribution in [-0.4, -0.2) is 15.6 Å². The number of aromatic nitrogens is 2. The first-order valence-electron chi connectivity index (χ1n) is 6.99.